The van der Waals surface area contributed by atoms with Crippen LogP contribution in [0, 0.1) is 5.82 Å². The maximum Gasteiger partial charge on any atom is 0.274 e. The van der Waals surface area contributed by atoms with Crippen LogP contribution in [-0.4, -0.2) is 12.1 Å². The lowest BCUT2D eigenvalue weighted by Crippen LogP contribution is -2.18. The molecule has 19 heavy (non-hydrogen) atoms. The Morgan fingerprint density at radius 3 is 2.53 bits per heavy atom. The van der Waals surface area contributed by atoms with Crippen molar-refractivity contribution in [2.75, 3.05) is 0 Å². The van der Waals surface area contributed by atoms with E-state index in [-0.39, 0.29) is 5.56 Å². The van der Waals surface area contributed by atoms with Crippen molar-refractivity contribution < 1.29 is 9.18 Å². The molecule has 3 nitrogen and oxygen atoms in total. The van der Waals surface area contributed by atoms with Gasteiger partial charge < -0.3 is 0 Å². The number of carbonyl (C=O) groups excluding carboxylic acids is 1. The summed E-state index contributed by atoms with van der Waals surface area (Å²) < 4.78 is 14.3. The number of nitrogens with one attached hydrogen (secondary N) is 1. The topological polar surface area (TPSA) is 41.5 Å². The molecule has 0 heterocycles. The third-order valence-electron chi connectivity index (χ3n) is 2.37. The number of benzene rings is 2. The Morgan fingerprint density at radius 2 is 1.84 bits per heavy atom. The van der Waals surface area contributed by atoms with Crippen molar-refractivity contribution in [3.05, 3.63) is 69.9 Å². The molecular formula is C14H10BrFN2O. The fourth-order valence-corrected chi connectivity index (χ4v) is 1.68. The van der Waals surface area contributed by atoms with Crippen LogP contribution in [0.5, 0.6) is 0 Å². The van der Waals surface area contributed by atoms with Crippen molar-refractivity contribution in [1.82, 2.24) is 5.43 Å². The summed E-state index contributed by atoms with van der Waals surface area (Å²) in [5.74, 6) is -1.15. The van der Waals surface area contributed by atoms with Gasteiger partial charge in [0.05, 0.1) is 11.8 Å². The van der Waals surface area contributed by atoms with Gasteiger partial charge >= 0.3 is 0 Å². The van der Waals surface area contributed by atoms with Crippen LogP contribution in [0.3, 0.4) is 0 Å². The molecule has 2 aromatic carbocycles. The number of hydrogen-bond donors (Lipinski definition) is 1. The highest BCUT2D eigenvalue weighted by Crippen LogP contribution is 2.09. The highest BCUT2D eigenvalue weighted by molar-refractivity contribution is 9.10. The predicted molar refractivity (Wildman–Crippen MR) is 75.6 cm³/mol. The van der Waals surface area contributed by atoms with Crippen molar-refractivity contribution in [3.8, 4) is 0 Å². The van der Waals surface area contributed by atoms with Gasteiger partial charge in [0, 0.05) is 4.47 Å². The number of hydrazone groups is 1. The van der Waals surface area contributed by atoms with Crippen molar-refractivity contribution in [2.45, 2.75) is 0 Å². The van der Waals surface area contributed by atoms with Gasteiger partial charge in [0.2, 0.25) is 0 Å². The molecule has 0 bridgehead atoms. The second-order valence-corrected chi connectivity index (χ2v) is 4.65. The van der Waals surface area contributed by atoms with Crippen LogP contribution in [-0.2, 0) is 0 Å². The van der Waals surface area contributed by atoms with Gasteiger partial charge in [0.15, 0.2) is 0 Å². The lowest BCUT2D eigenvalue weighted by molar-refractivity contribution is 0.0951. The summed E-state index contributed by atoms with van der Waals surface area (Å²) in [5.41, 5.74) is 3.08. The van der Waals surface area contributed by atoms with E-state index in [0.717, 1.165) is 10.0 Å². The first kappa shape index (κ1) is 13.4. The lowest BCUT2D eigenvalue weighted by atomic mass is 10.2. The number of carbonyl (C=O) groups is 1. The minimum Gasteiger partial charge on any atom is -0.267 e. The summed E-state index contributed by atoms with van der Waals surface area (Å²) >= 11 is 3.32. The van der Waals surface area contributed by atoms with Gasteiger partial charge in [-0.15, -0.1) is 0 Å². The first-order valence-electron chi connectivity index (χ1n) is 5.50. The van der Waals surface area contributed by atoms with E-state index >= 15 is 0 Å². The maximum absolute atomic E-state index is 13.3. The Hall–Kier alpha value is -2.01. The van der Waals surface area contributed by atoms with Crippen LogP contribution in [0.4, 0.5) is 4.39 Å². The first-order chi connectivity index (χ1) is 9.16. The average Bonchev–Trinajstić information content (AvgIpc) is 2.41. The maximum atomic E-state index is 13.3. The third-order valence-corrected chi connectivity index (χ3v) is 2.90. The van der Waals surface area contributed by atoms with Crippen LogP contribution in [0.15, 0.2) is 58.1 Å². The van der Waals surface area contributed by atoms with Gasteiger partial charge in [-0.05, 0) is 29.8 Å². The molecule has 0 radical (unpaired) electrons. The standard InChI is InChI=1S/C14H10BrFN2O/c15-11-7-5-10(6-8-11)9-17-18-14(19)12-3-1-2-4-13(12)16/h1-9H,(H,18,19)/b17-9+. The van der Waals surface area contributed by atoms with Crippen LogP contribution in [0.1, 0.15) is 15.9 Å². The molecule has 5 heteroatoms. The normalized spacial score (nSPS) is 10.6. The SMILES string of the molecule is O=C(N/N=C/c1ccc(Br)cc1)c1ccccc1F. The molecule has 1 N–H and O–H groups in total. The highest BCUT2D eigenvalue weighted by Gasteiger charge is 2.08. The van der Waals surface area contributed by atoms with E-state index in [0.29, 0.717) is 0 Å². The molecule has 0 aliphatic heterocycles. The fourth-order valence-electron chi connectivity index (χ4n) is 1.42. The molecule has 0 aliphatic rings. The van der Waals surface area contributed by atoms with Crippen molar-refractivity contribution >= 4 is 28.1 Å². The molecule has 2 aromatic rings. The van der Waals surface area contributed by atoms with E-state index in [2.05, 4.69) is 26.5 Å². The molecule has 0 unspecified atom stereocenters. The second kappa shape index (κ2) is 6.24. The Morgan fingerprint density at radius 1 is 1.16 bits per heavy atom. The van der Waals surface area contributed by atoms with Crippen LogP contribution in [0.25, 0.3) is 0 Å². The van der Waals surface area contributed by atoms with Gasteiger partial charge in [0.1, 0.15) is 5.82 Å². The molecule has 1 amide bonds. The molecule has 0 saturated carbocycles. The fraction of sp³-hybridized carbons (Fsp3) is 0. The molecule has 0 saturated heterocycles. The Balaban J connectivity index is 2.01. The molecule has 2 rings (SSSR count). The molecule has 0 aromatic heterocycles. The average molecular weight is 321 g/mol. The number of nitrogens with zero attached hydrogens (tertiary/aromatic N) is 1. The van der Waals surface area contributed by atoms with E-state index in [1.807, 2.05) is 24.3 Å². The van der Waals surface area contributed by atoms with Gasteiger partial charge in [-0.1, -0.05) is 40.2 Å². The van der Waals surface area contributed by atoms with E-state index in [4.69, 9.17) is 0 Å². The lowest BCUT2D eigenvalue weighted by Gasteiger charge is -2.00. The smallest absolute Gasteiger partial charge is 0.267 e. The van der Waals surface area contributed by atoms with Crippen molar-refractivity contribution in [1.29, 1.82) is 0 Å². The van der Waals surface area contributed by atoms with E-state index < -0.39 is 11.7 Å². The van der Waals surface area contributed by atoms with E-state index in [9.17, 15) is 9.18 Å². The molecule has 0 spiro atoms. The number of rotatable bonds is 3. The molecule has 0 atom stereocenters. The number of amides is 1. The van der Waals surface area contributed by atoms with Crippen LogP contribution < -0.4 is 5.43 Å². The highest BCUT2D eigenvalue weighted by atomic mass is 79.9. The molecular weight excluding hydrogens is 311 g/mol. The largest absolute Gasteiger partial charge is 0.274 e. The molecule has 0 aliphatic carbocycles. The summed E-state index contributed by atoms with van der Waals surface area (Å²) in [5, 5.41) is 3.78. The second-order valence-electron chi connectivity index (χ2n) is 3.73. The van der Waals surface area contributed by atoms with Crippen LogP contribution >= 0.6 is 15.9 Å². The van der Waals surface area contributed by atoms with Crippen molar-refractivity contribution in [3.63, 3.8) is 0 Å². The van der Waals surface area contributed by atoms with Gasteiger partial charge in [-0.25, -0.2) is 9.82 Å². The monoisotopic (exact) mass is 320 g/mol. The Bertz CT molecular complexity index is 611. The van der Waals surface area contributed by atoms with Gasteiger partial charge in [-0.2, -0.15) is 5.10 Å². The van der Waals surface area contributed by atoms with E-state index in [1.165, 1.54) is 24.4 Å². The first-order valence-corrected chi connectivity index (χ1v) is 6.29. The zero-order valence-corrected chi connectivity index (χ0v) is 11.4. The summed E-state index contributed by atoms with van der Waals surface area (Å²) in [7, 11) is 0. The summed E-state index contributed by atoms with van der Waals surface area (Å²) in [6, 6.07) is 13.1. The van der Waals surface area contributed by atoms with Gasteiger partial charge in [0.25, 0.3) is 5.91 Å². The zero-order chi connectivity index (χ0) is 13.7. The summed E-state index contributed by atoms with van der Waals surface area (Å²) in [6.45, 7) is 0. The zero-order valence-electron chi connectivity index (χ0n) is 9.81. The summed E-state index contributed by atoms with van der Waals surface area (Å²) in [6.07, 6.45) is 1.49. The Labute approximate surface area is 118 Å². The third kappa shape index (κ3) is 3.72. The summed E-state index contributed by atoms with van der Waals surface area (Å²) in [4.78, 5) is 11.6. The minimum absolute atomic E-state index is 0.0320. The minimum atomic E-state index is -0.577. The number of halogens is 2. The van der Waals surface area contributed by atoms with E-state index in [1.54, 1.807) is 6.07 Å². The predicted octanol–water partition coefficient (Wildman–Crippen LogP) is 3.35. The van der Waals surface area contributed by atoms with Crippen molar-refractivity contribution in [2.24, 2.45) is 5.10 Å². The number of hydrogen-bond acceptors (Lipinski definition) is 2. The Kier molecular flexibility index (Phi) is 4.41. The van der Waals surface area contributed by atoms with Crippen LogP contribution in [0.2, 0.25) is 0 Å². The van der Waals surface area contributed by atoms with Gasteiger partial charge in [-0.3, -0.25) is 4.79 Å². The quantitative estimate of drug-likeness (QED) is 0.684. The molecule has 0 fully saturated rings. The molecule has 96 valence electrons.